The number of para-hydroxylation sites is 1. The van der Waals surface area contributed by atoms with Crippen LogP contribution in [0.3, 0.4) is 0 Å². The molecule has 2 aliphatic heterocycles. The van der Waals surface area contributed by atoms with Crippen molar-refractivity contribution in [1.29, 1.82) is 0 Å². The van der Waals surface area contributed by atoms with Crippen LogP contribution in [-0.2, 0) is 4.74 Å². The van der Waals surface area contributed by atoms with Gasteiger partial charge >= 0.3 is 0 Å². The third kappa shape index (κ3) is 4.14. The third-order valence-corrected chi connectivity index (χ3v) is 5.28. The average molecular weight is 346 g/mol. The molecule has 0 bridgehead atoms. The summed E-state index contributed by atoms with van der Waals surface area (Å²) < 4.78 is 5.55. The van der Waals surface area contributed by atoms with Gasteiger partial charge in [0.15, 0.2) is 0 Å². The van der Waals surface area contributed by atoms with Gasteiger partial charge in [-0.05, 0) is 38.8 Å². The van der Waals surface area contributed by atoms with Crippen LogP contribution < -0.4 is 10.7 Å². The van der Waals surface area contributed by atoms with E-state index in [-0.39, 0.29) is 5.91 Å². The van der Waals surface area contributed by atoms with Crippen LogP contribution in [0.4, 0.5) is 5.69 Å². The molecule has 0 unspecified atom stereocenters. The van der Waals surface area contributed by atoms with E-state index in [9.17, 15) is 4.79 Å². The number of hydrogen-bond donors (Lipinski definition) is 1. The van der Waals surface area contributed by atoms with Crippen molar-refractivity contribution < 1.29 is 9.53 Å². The van der Waals surface area contributed by atoms with Gasteiger partial charge in [0.25, 0.3) is 5.91 Å². The summed E-state index contributed by atoms with van der Waals surface area (Å²) in [6.45, 7) is 10.0. The van der Waals surface area contributed by atoms with Gasteiger partial charge in [0, 0.05) is 45.4 Å². The smallest absolute Gasteiger partial charge is 0.250 e. The van der Waals surface area contributed by atoms with E-state index in [0.29, 0.717) is 17.6 Å². The Morgan fingerprint density at radius 3 is 2.40 bits per heavy atom. The second-order valence-electron chi connectivity index (χ2n) is 7.15. The van der Waals surface area contributed by atoms with Crippen molar-refractivity contribution >= 4 is 11.6 Å². The third-order valence-electron chi connectivity index (χ3n) is 5.28. The Kier molecular flexibility index (Phi) is 5.93. The quantitative estimate of drug-likeness (QED) is 0.879. The standard InChI is InChI=1S/C19H30N4O2/c1-15(2)21-9-11-22(12-10-21)23(16-7-13-25-14-8-16)18-6-4-3-5-17(18)19(20)24/h3-6,15-16H,7-14H2,1-2H3,(H2,20,24). The van der Waals surface area contributed by atoms with E-state index in [1.54, 1.807) is 0 Å². The number of piperazine rings is 1. The number of benzene rings is 1. The largest absolute Gasteiger partial charge is 0.381 e. The molecule has 2 N–H and O–H groups in total. The van der Waals surface area contributed by atoms with Crippen LogP contribution in [0.1, 0.15) is 37.0 Å². The highest BCUT2D eigenvalue weighted by Crippen LogP contribution is 2.29. The number of anilines is 1. The van der Waals surface area contributed by atoms with Gasteiger partial charge < -0.3 is 15.5 Å². The van der Waals surface area contributed by atoms with Gasteiger partial charge in [-0.2, -0.15) is 0 Å². The number of carbonyl (C=O) groups is 1. The van der Waals surface area contributed by atoms with Gasteiger partial charge in [-0.15, -0.1) is 0 Å². The molecular formula is C19H30N4O2. The molecule has 6 nitrogen and oxygen atoms in total. The highest BCUT2D eigenvalue weighted by atomic mass is 16.5. The Bertz CT molecular complexity index is 579. The predicted octanol–water partition coefficient (Wildman–Crippen LogP) is 1.71. The van der Waals surface area contributed by atoms with Crippen molar-refractivity contribution in [2.75, 3.05) is 44.4 Å². The second-order valence-corrected chi connectivity index (χ2v) is 7.15. The van der Waals surface area contributed by atoms with E-state index >= 15 is 0 Å². The highest BCUT2D eigenvalue weighted by Gasteiger charge is 2.31. The van der Waals surface area contributed by atoms with Gasteiger partial charge in [0.2, 0.25) is 0 Å². The molecule has 2 heterocycles. The van der Waals surface area contributed by atoms with Crippen LogP contribution in [0.15, 0.2) is 24.3 Å². The summed E-state index contributed by atoms with van der Waals surface area (Å²) in [5.41, 5.74) is 7.18. The van der Waals surface area contributed by atoms with Gasteiger partial charge in [-0.1, -0.05) is 12.1 Å². The maximum atomic E-state index is 12.0. The lowest BCUT2D eigenvalue weighted by atomic mass is 10.1. The number of rotatable bonds is 5. The number of carbonyl (C=O) groups excluding carboxylic acids is 1. The number of nitrogens with zero attached hydrogens (tertiary/aromatic N) is 3. The molecular weight excluding hydrogens is 316 g/mol. The van der Waals surface area contributed by atoms with Crippen LogP contribution in [0.5, 0.6) is 0 Å². The Morgan fingerprint density at radius 1 is 1.16 bits per heavy atom. The maximum absolute atomic E-state index is 12.0. The molecule has 2 aliphatic rings. The van der Waals surface area contributed by atoms with Gasteiger partial charge in [0.05, 0.1) is 17.3 Å². The zero-order chi connectivity index (χ0) is 17.8. The fraction of sp³-hybridized carbons (Fsp3) is 0.632. The van der Waals surface area contributed by atoms with E-state index < -0.39 is 0 Å². The molecule has 0 spiro atoms. The van der Waals surface area contributed by atoms with Crippen molar-refractivity contribution in [2.24, 2.45) is 5.73 Å². The Labute approximate surface area is 150 Å². The number of amides is 1. The molecule has 1 aromatic rings. The van der Waals surface area contributed by atoms with E-state index in [1.807, 2.05) is 24.3 Å². The molecule has 0 atom stereocenters. The molecule has 1 amide bonds. The topological polar surface area (TPSA) is 62.0 Å². The van der Waals surface area contributed by atoms with E-state index in [4.69, 9.17) is 10.5 Å². The first-order chi connectivity index (χ1) is 12.1. The minimum absolute atomic E-state index is 0.347. The van der Waals surface area contributed by atoms with Crippen LogP contribution in [-0.4, -0.2) is 67.3 Å². The monoisotopic (exact) mass is 346 g/mol. The highest BCUT2D eigenvalue weighted by molar-refractivity contribution is 5.98. The normalized spacial score (nSPS) is 20.8. The van der Waals surface area contributed by atoms with Crippen molar-refractivity contribution in [3.05, 3.63) is 29.8 Å². The zero-order valence-electron chi connectivity index (χ0n) is 15.4. The second kappa shape index (κ2) is 8.17. The Hall–Kier alpha value is -1.63. The fourth-order valence-electron chi connectivity index (χ4n) is 3.83. The first-order valence-corrected chi connectivity index (χ1v) is 9.32. The molecule has 3 rings (SSSR count). The number of hydrogen-bond acceptors (Lipinski definition) is 5. The fourth-order valence-corrected chi connectivity index (χ4v) is 3.83. The Balaban J connectivity index is 1.87. The van der Waals surface area contributed by atoms with E-state index in [2.05, 4.69) is 28.8 Å². The average Bonchev–Trinajstić information content (AvgIpc) is 2.63. The van der Waals surface area contributed by atoms with Gasteiger partial charge in [-0.25, -0.2) is 5.01 Å². The molecule has 6 heteroatoms. The van der Waals surface area contributed by atoms with E-state index in [1.165, 1.54) is 0 Å². The molecule has 0 aromatic heterocycles. The lowest BCUT2D eigenvalue weighted by Gasteiger charge is -2.48. The number of nitrogens with two attached hydrogens (primary N) is 1. The maximum Gasteiger partial charge on any atom is 0.250 e. The first-order valence-electron chi connectivity index (χ1n) is 9.32. The molecule has 2 fully saturated rings. The molecule has 138 valence electrons. The molecule has 1 aromatic carbocycles. The van der Waals surface area contributed by atoms with Gasteiger partial charge in [0.1, 0.15) is 0 Å². The minimum Gasteiger partial charge on any atom is -0.381 e. The van der Waals surface area contributed by atoms with Crippen LogP contribution in [0.25, 0.3) is 0 Å². The minimum atomic E-state index is -0.367. The first kappa shape index (κ1) is 18.2. The van der Waals surface area contributed by atoms with Crippen molar-refractivity contribution in [3.63, 3.8) is 0 Å². The number of primary amides is 1. The molecule has 25 heavy (non-hydrogen) atoms. The van der Waals surface area contributed by atoms with Crippen molar-refractivity contribution in [1.82, 2.24) is 9.91 Å². The predicted molar refractivity (Wildman–Crippen MR) is 99.6 cm³/mol. The summed E-state index contributed by atoms with van der Waals surface area (Å²) in [5, 5.41) is 4.73. The zero-order valence-corrected chi connectivity index (χ0v) is 15.4. The molecule has 0 aliphatic carbocycles. The lowest BCUT2D eigenvalue weighted by Crippen LogP contribution is -2.59. The summed E-state index contributed by atoms with van der Waals surface area (Å²) in [4.78, 5) is 14.5. The van der Waals surface area contributed by atoms with Gasteiger partial charge in [-0.3, -0.25) is 9.69 Å². The molecule has 0 saturated carbocycles. The summed E-state index contributed by atoms with van der Waals surface area (Å²) in [6.07, 6.45) is 1.94. The van der Waals surface area contributed by atoms with Crippen LogP contribution in [0, 0.1) is 0 Å². The summed E-state index contributed by atoms with van der Waals surface area (Å²) in [5.74, 6) is -0.367. The van der Waals surface area contributed by atoms with E-state index in [0.717, 1.165) is 57.9 Å². The lowest BCUT2D eigenvalue weighted by molar-refractivity contribution is 0.0488. The van der Waals surface area contributed by atoms with Crippen molar-refractivity contribution in [2.45, 2.75) is 38.8 Å². The SMILES string of the molecule is CC(C)N1CCN(N(c2ccccc2C(N)=O)C2CCOCC2)CC1. The summed E-state index contributed by atoms with van der Waals surface area (Å²) in [6, 6.07) is 8.62. The van der Waals surface area contributed by atoms with Crippen LogP contribution in [0.2, 0.25) is 0 Å². The van der Waals surface area contributed by atoms with Crippen molar-refractivity contribution in [3.8, 4) is 0 Å². The molecule has 0 radical (unpaired) electrons. The number of ether oxygens (including phenoxy) is 1. The van der Waals surface area contributed by atoms with Crippen LogP contribution >= 0.6 is 0 Å². The number of hydrazine groups is 1. The molecule has 2 saturated heterocycles. The Morgan fingerprint density at radius 2 is 1.80 bits per heavy atom. The summed E-state index contributed by atoms with van der Waals surface area (Å²) >= 11 is 0. The summed E-state index contributed by atoms with van der Waals surface area (Å²) in [7, 11) is 0.